The standard InChI is InChI=1S/C17H10F4N4O/c18-9-1-4-14(13(21)7-9)24-16(26)15-5-6-22-17(25-15)23-10-2-3-11(19)12(20)8-10/h1-8H,(H,24,26)(H,22,23,25). The minimum Gasteiger partial charge on any atom is -0.324 e. The summed E-state index contributed by atoms with van der Waals surface area (Å²) in [5, 5.41) is 4.87. The van der Waals surface area contributed by atoms with Crippen LogP contribution in [0.15, 0.2) is 48.7 Å². The topological polar surface area (TPSA) is 66.9 Å². The molecule has 1 amide bonds. The van der Waals surface area contributed by atoms with E-state index in [2.05, 4.69) is 20.6 Å². The van der Waals surface area contributed by atoms with Crippen LogP contribution in [0.25, 0.3) is 0 Å². The van der Waals surface area contributed by atoms with Gasteiger partial charge in [-0.2, -0.15) is 0 Å². The third-order valence-electron chi connectivity index (χ3n) is 3.24. The predicted octanol–water partition coefficient (Wildman–Crippen LogP) is 4.03. The van der Waals surface area contributed by atoms with Gasteiger partial charge in [0.2, 0.25) is 5.95 Å². The van der Waals surface area contributed by atoms with Crippen LogP contribution < -0.4 is 10.6 Å². The molecule has 0 spiro atoms. The van der Waals surface area contributed by atoms with E-state index in [0.29, 0.717) is 6.07 Å². The van der Waals surface area contributed by atoms with Crippen molar-refractivity contribution >= 4 is 23.2 Å². The molecule has 0 atom stereocenters. The van der Waals surface area contributed by atoms with Gasteiger partial charge in [0.05, 0.1) is 5.69 Å². The lowest BCUT2D eigenvalue weighted by atomic mass is 10.2. The van der Waals surface area contributed by atoms with Gasteiger partial charge in [-0.1, -0.05) is 0 Å². The van der Waals surface area contributed by atoms with Crippen LogP contribution in [0.1, 0.15) is 10.5 Å². The van der Waals surface area contributed by atoms with Crippen LogP contribution in [-0.2, 0) is 0 Å². The number of rotatable bonds is 4. The normalized spacial score (nSPS) is 10.5. The summed E-state index contributed by atoms with van der Waals surface area (Å²) in [4.78, 5) is 19.9. The molecule has 3 rings (SSSR count). The van der Waals surface area contributed by atoms with E-state index in [-0.39, 0.29) is 23.0 Å². The second kappa shape index (κ2) is 7.18. The zero-order valence-corrected chi connectivity index (χ0v) is 12.9. The van der Waals surface area contributed by atoms with Crippen molar-refractivity contribution in [1.82, 2.24) is 9.97 Å². The number of carbonyl (C=O) groups is 1. The molecule has 0 fully saturated rings. The molecule has 132 valence electrons. The van der Waals surface area contributed by atoms with Crippen LogP contribution in [0.4, 0.5) is 34.9 Å². The largest absolute Gasteiger partial charge is 0.324 e. The summed E-state index contributed by atoms with van der Waals surface area (Å²) in [5.74, 6) is -4.59. The zero-order chi connectivity index (χ0) is 18.7. The van der Waals surface area contributed by atoms with Gasteiger partial charge in [-0.05, 0) is 30.3 Å². The van der Waals surface area contributed by atoms with E-state index < -0.39 is 29.2 Å². The van der Waals surface area contributed by atoms with Gasteiger partial charge in [-0.25, -0.2) is 27.5 Å². The van der Waals surface area contributed by atoms with Crippen LogP contribution in [0.5, 0.6) is 0 Å². The summed E-state index contributed by atoms with van der Waals surface area (Å²) in [6.07, 6.45) is 1.26. The lowest BCUT2D eigenvalue weighted by Crippen LogP contribution is -2.15. The number of aromatic nitrogens is 2. The predicted molar refractivity (Wildman–Crippen MR) is 86.0 cm³/mol. The first kappa shape index (κ1) is 17.3. The Balaban J connectivity index is 1.77. The van der Waals surface area contributed by atoms with Crippen LogP contribution in [0.3, 0.4) is 0 Å². The maximum absolute atomic E-state index is 13.6. The van der Waals surface area contributed by atoms with Gasteiger partial charge in [-0.3, -0.25) is 4.79 Å². The Morgan fingerprint density at radius 1 is 0.885 bits per heavy atom. The number of anilines is 3. The fourth-order valence-corrected chi connectivity index (χ4v) is 2.03. The fourth-order valence-electron chi connectivity index (χ4n) is 2.03. The Hall–Kier alpha value is -3.49. The molecule has 2 aromatic carbocycles. The molecule has 0 aliphatic carbocycles. The Morgan fingerprint density at radius 2 is 1.69 bits per heavy atom. The summed E-state index contributed by atoms with van der Waals surface area (Å²) in [7, 11) is 0. The summed E-state index contributed by atoms with van der Waals surface area (Å²) >= 11 is 0. The molecule has 1 aromatic heterocycles. The number of carbonyl (C=O) groups excluding carboxylic acids is 1. The Morgan fingerprint density at radius 3 is 2.42 bits per heavy atom. The minimum atomic E-state index is -1.06. The van der Waals surface area contributed by atoms with Crippen LogP contribution >= 0.6 is 0 Å². The average molecular weight is 362 g/mol. The maximum atomic E-state index is 13.6. The van der Waals surface area contributed by atoms with Crippen LogP contribution in [0, 0.1) is 23.3 Å². The number of nitrogens with zero attached hydrogens (tertiary/aromatic N) is 2. The molecule has 0 bridgehead atoms. The SMILES string of the molecule is O=C(Nc1ccc(F)cc1F)c1ccnc(Nc2ccc(F)c(F)c2)n1. The molecule has 5 nitrogen and oxygen atoms in total. The molecule has 1 heterocycles. The number of nitrogens with one attached hydrogen (secondary N) is 2. The molecule has 0 radical (unpaired) electrons. The van der Waals surface area contributed by atoms with E-state index in [1.807, 2.05) is 0 Å². The summed E-state index contributed by atoms with van der Waals surface area (Å²) in [5.41, 5.74) is -0.162. The van der Waals surface area contributed by atoms with Crippen molar-refractivity contribution in [1.29, 1.82) is 0 Å². The molecule has 0 aliphatic rings. The molecule has 0 saturated carbocycles. The molecule has 9 heteroatoms. The van der Waals surface area contributed by atoms with Crippen molar-refractivity contribution in [3.8, 4) is 0 Å². The molecule has 0 aliphatic heterocycles. The van der Waals surface area contributed by atoms with Gasteiger partial charge in [-0.15, -0.1) is 0 Å². The third kappa shape index (κ3) is 3.94. The maximum Gasteiger partial charge on any atom is 0.274 e. The molecule has 26 heavy (non-hydrogen) atoms. The minimum absolute atomic E-state index is 0.0526. The van der Waals surface area contributed by atoms with E-state index in [9.17, 15) is 22.4 Å². The highest BCUT2D eigenvalue weighted by atomic mass is 19.2. The van der Waals surface area contributed by atoms with Crippen molar-refractivity contribution in [2.75, 3.05) is 10.6 Å². The van der Waals surface area contributed by atoms with E-state index >= 15 is 0 Å². The van der Waals surface area contributed by atoms with Crippen LogP contribution in [0.2, 0.25) is 0 Å². The fraction of sp³-hybridized carbons (Fsp3) is 0. The second-order valence-electron chi connectivity index (χ2n) is 5.10. The lowest BCUT2D eigenvalue weighted by molar-refractivity contribution is 0.102. The highest BCUT2D eigenvalue weighted by Gasteiger charge is 2.13. The summed E-state index contributed by atoms with van der Waals surface area (Å²) in [6.45, 7) is 0. The van der Waals surface area contributed by atoms with Gasteiger partial charge in [0.25, 0.3) is 5.91 Å². The Labute approximate surface area is 144 Å². The van der Waals surface area contributed by atoms with E-state index in [0.717, 1.165) is 24.3 Å². The van der Waals surface area contributed by atoms with Crippen molar-refractivity contribution < 1.29 is 22.4 Å². The number of benzene rings is 2. The smallest absolute Gasteiger partial charge is 0.274 e. The van der Waals surface area contributed by atoms with Gasteiger partial charge in [0, 0.05) is 24.0 Å². The van der Waals surface area contributed by atoms with Crippen LogP contribution in [-0.4, -0.2) is 15.9 Å². The molecule has 3 aromatic rings. The quantitative estimate of drug-likeness (QED) is 0.688. The van der Waals surface area contributed by atoms with E-state index in [4.69, 9.17) is 0 Å². The highest BCUT2D eigenvalue weighted by molar-refractivity contribution is 6.03. The summed E-state index contributed by atoms with van der Waals surface area (Å²) < 4.78 is 52.6. The van der Waals surface area contributed by atoms with Crippen molar-refractivity contribution in [2.24, 2.45) is 0 Å². The van der Waals surface area contributed by atoms with Gasteiger partial charge >= 0.3 is 0 Å². The third-order valence-corrected chi connectivity index (χ3v) is 3.24. The number of hydrogen-bond donors (Lipinski definition) is 2. The van der Waals surface area contributed by atoms with Crippen molar-refractivity contribution in [2.45, 2.75) is 0 Å². The van der Waals surface area contributed by atoms with Gasteiger partial charge < -0.3 is 10.6 Å². The molecule has 2 N–H and O–H groups in total. The number of amides is 1. The zero-order valence-electron chi connectivity index (χ0n) is 12.9. The number of hydrogen-bond acceptors (Lipinski definition) is 4. The first-order chi connectivity index (χ1) is 12.4. The average Bonchev–Trinajstić information content (AvgIpc) is 2.61. The second-order valence-corrected chi connectivity index (χ2v) is 5.10. The summed E-state index contributed by atoms with van der Waals surface area (Å²) in [6, 6.07) is 7.06. The first-order valence-corrected chi connectivity index (χ1v) is 7.24. The first-order valence-electron chi connectivity index (χ1n) is 7.24. The highest BCUT2D eigenvalue weighted by Crippen LogP contribution is 2.18. The van der Waals surface area contributed by atoms with Crippen molar-refractivity contribution in [3.05, 3.63) is 77.6 Å². The monoisotopic (exact) mass is 362 g/mol. The molecule has 0 unspecified atom stereocenters. The molecular formula is C17H10F4N4O. The number of halogens is 4. The van der Waals surface area contributed by atoms with Gasteiger partial charge in [0.1, 0.15) is 17.3 Å². The Kier molecular flexibility index (Phi) is 4.78. The lowest BCUT2D eigenvalue weighted by Gasteiger charge is -2.08. The van der Waals surface area contributed by atoms with E-state index in [1.54, 1.807) is 0 Å². The van der Waals surface area contributed by atoms with Gasteiger partial charge in [0.15, 0.2) is 11.6 Å². The Bertz CT molecular complexity index is 981. The van der Waals surface area contributed by atoms with Crippen molar-refractivity contribution in [3.63, 3.8) is 0 Å². The van der Waals surface area contributed by atoms with E-state index in [1.165, 1.54) is 18.3 Å². The molecular weight excluding hydrogens is 352 g/mol. The molecule has 0 saturated heterocycles.